The van der Waals surface area contributed by atoms with Gasteiger partial charge in [0.05, 0.1) is 10.0 Å². The molecule has 0 spiro atoms. The second-order valence-electron chi connectivity index (χ2n) is 8.06. The number of alkyl halides is 1. The Balaban J connectivity index is 1.35. The number of dihydropyridines is 1. The maximum absolute atomic E-state index is 13.0. The van der Waals surface area contributed by atoms with E-state index in [0.717, 1.165) is 51.6 Å². The van der Waals surface area contributed by atoms with Gasteiger partial charge in [0, 0.05) is 37.8 Å². The topological polar surface area (TPSA) is 56.1 Å². The van der Waals surface area contributed by atoms with Crippen LogP contribution in [0.25, 0.3) is 0 Å². The fourth-order valence-electron chi connectivity index (χ4n) is 5.18. The number of aliphatic hydroxyl groups excluding tert-OH is 1. The van der Waals surface area contributed by atoms with Crippen molar-refractivity contribution in [1.29, 1.82) is 0 Å². The van der Waals surface area contributed by atoms with Gasteiger partial charge in [-0.2, -0.15) is 0 Å². The van der Waals surface area contributed by atoms with Crippen molar-refractivity contribution >= 4 is 34.7 Å². The number of rotatable bonds is 3. The van der Waals surface area contributed by atoms with Gasteiger partial charge in [-0.3, -0.25) is 14.7 Å². The molecule has 5 atom stereocenters. The standard InChI is InChI=1S/C19H28IN3O2/c20-17-4-1-7-21-19(17)22-8-2-3-13(12-22)9-18(25)23-14-5-6-15(23)11-16(24)10-14/h1,4,7,13-17,19,24H,2-3,5-6,8-12H2. The third-order valence-electron chi connectivity index (χ3n) is 6.29. The summed E-state index contributed by atoms with van der Waals surface area (Å²) in [5, 5.41) is 9.95. The zero-order valence-corrected chi connectivity index (χ0v) is 16.8. The van der Waals surface area contributed by atoms with Crippen LogP contribution in [0, 0.1) is 5.92 Å². The molecule has 138 valence electrons. The first-order valence-electron chi connectivity index (χ1n) is 9.69. The first-order chi connectivity index (χ1) is 12.1. The van der Waals surface area contributed by atoms with Crippen molar-refractivity contribution < 1.29 is 9.90 Å². The van der Waals surface area contributed by atoms with Crippen LogP contribution in [0.1, 0.15) is 44.9 Å². The summed E-state index contributed by atoms with van der Waals surface area (Å²) in [5.41, 5.74) is 0. The van der Waals surface area contributed by atoms with Crippen LogP contribution in [0.3, 0.4) is 0 Å². The SMILES string of the molecule is O=C(CC1CCCN(C2N=CC=CC2I)C1)N1C2CCC1CC(O)C2. The van der Waals surface area contributed by atoms with Crippen LogP contribution >= 0.6 is 22.6 Å². The number of carbonyl (C=O) groups is 1. The maximum atomic E-state index is 13.0. The molecule has 4 aliphatic rings. The van der Waals surface area contributed by atoms with E-state index < -0.39 is 0 Å². The van der Waals surface area contributed by atoms with Crippen molar-refractivity contribution in [3.8, 4) is 0 Å². The summed E-state index contributed by atoms with van der Waals surface area (Å²) in [5.74, 6) is 0.765. The zero-order valence-electron chi connectivity index (χ0n) is 14.6. The van der Waals surface area contributed by atoms with Gasteiger partial charge in [-0.25, -0.2) is 0 Å². The smallest absolute Gasteiger partial charge is 0.223 e. The van der Waals surface area contributed by atoms with Crippen molar-refractivity contribution in [3.63, 3.8) is 0 Å². The molecule has 1 amide bonds. The second-order valence-corrected chi connectivity index (χ2v) is 9.50. The Bertz CT molecular complexity index is 553. The van der Waals surface area contributed by atoms with Crippen LogP contribution in [0.4, 0.5) is 0 Å². The van der Waals surface area contributed by atoms with Gasteiger partial charge in [-0.1, -0.05) is 28.7 Å². The number of aliphatic hydroxyl groups is 1. The molecule has 0 aromatic heterocycles. The number of carbonyl (C=O) groups excluding carboxylic acids is 1. The summed E-state index contributed by atoms with van der Waals surface area (Å²) < 4.78 is 0.413. The minimum atomic E-state index is -0.204. The van der Waals surface area contributed by atoms with Gasteiger partial charge in [0.25, 0.3) is 0 Å². The molecule has 0 aromatic rings. The van der Waals surface area contributed by atoms with E-state index >= 15 is 0 Å². The number of likely N-dealkylation sites (tertiary alicyclic amines) is 1. The number of amides is 1. The second kappa shape index (κ2) is 7.64. The maximum Gasteiger partial charge on any atom is 0.223 e. The normalized spacial score (nSPS) is 41.3. The summed E-state index contributed by atoms with van der Waals surface area (Å²) in [6.45, 7) is 2.06. The molecule has 5 nitrogen and oxygen atoms in total. The number of allylic oxidation sites excluding steroid dienone is 1. The molecule has 0 aliphatic carbocycles. The van der Waals surface area contributed by atoms with E-state index in [1.807, 2.05) is 12.3 Å². The predicted molar refractivity (Wildman–Crippen MR) is 107 cm³/mol. The van der Waals surface area contributed by atoms with E-state index in [9.17, 15) is 9.90 Å². The number of halogens is 1. The molecule has 4 rings (SSSR count). The lowest BCUT2D eigenvalue weighted by molar-refractivity contribution is -0.138. The Morgan fingerprint density at radius 2 is 2.00 bits per heavy atom. The molecule has 0 saturated carbocycles. The van der Waals surface area contributed by atoms with E-state index in [2.05, 4.69) is 43.5 Å². The molecule has 0 aromatic carbocycles. The van der Waals surface area contributed by atoms with Crippen molar-refractivity contribution in [2.75, 3.05) is 13.1 Å². The highest BCUT2D eigenvalue weighted by molar-refractivity contribution is 14.1. The van der Waals surface area contributed by atoms with Crippen LogP contribution in [0.2, 0.25) is 0 Å². The first-order valence-corrected chi connectivity index (χ1v) is 10.9. The molecule has 4 heterocycles. The Labute approximate surface area is 163 Å². The first kappa shape index (κ1) is 17.9. The van der Waals surface area contributed by atoms with Crippen molar-refractivity contribution in [2.24, 2.45) is 10.9 Å². The van der Waals surface area contributed by atoms with Gasteiger partial charge in [0.2, 0.25) is 5.91 Å². The van der Waals surface area contributed by atoms with Gasteiger partial charge in [-0.05, 0) is 50.5 Å². The number of fused-ring (bicyclic) bond motifs is 2. The Morgan fingerprint density at radius 3 is 2.72 bits per heavy atom. The molecule has 6 heteroatoms. The van der Waals surface area contributed by atoms with Crippen molar-refractivity contribution in [1.82, 2.24) is 9.80 Å². The third kappa shape index (κ3) is 3.81. The molecule has 3 fully saturated rings. The molecular weight excluding hydrogens is 429 g/mol. The lowest BCUT2D eigenvalue weighted by atomic mass is 9.92. The highest BCUT2D eigenvalue weighted by atomic mass is 127. The summed E-state index contributed by atoms with van der Waals surface area (Å²) >= 11 is 2.46. The molecular formula is C19H28IN3O2. The van der Waals surface area contributed by atoms with Gasteiger partial charge in [-0.15, -0.1) is 0 Å². The number of hydrogen-bond donors (Lipinski definition) is 1. The monoisotopic (exact) mass is 457 g/mol. The predicted octanol–water partition coefficient (Wildman–Crippen LogP) is 2.37. The van der Waals surface area contributed by atoms with Gasteiger partial charge >= 0.3 is 0 Å². The molecule has 0 radical (unpaired) electrons. The molecule has 3 saturated heterocycles. The molecule has 5 unspecified atom stereocenters. The third-order valence-corrected chi connectivity index (χ3v) is 7.35. The van der Waals surface area contributed by atoms with E-state index in [0.29, 0.717) is 22.2 Å². The number of aliphatic imine (C=N–C) groups is 1. The zero-order chi connectivity index (χ0) is 17.4. The van der Waals surface area contributed by atoms with E-state index in [1.54, 1.807) is 0 Å². The van der Waals surface area contributed by atoms with Crippen LogP contribution in [-0.4, -0.2) is 68.4 Å². The number of hydrogen-bond acceptors (Lipinski definition) is 4. The Morgan fingerprint density at radius 1 is 1.24 bits per heavy atom. The summed E-state index contributed by atoms with van der Waals surface area (Å²) in [4.78, 5) is 22.2. The Kier molecular flexibility index (Phi) is 5.48. The summed E-state index contributed by atoms with van der Waals surface area (Å²) in [6, 6.07) is 0.570. The quantitative estimate of drug-likeness (QED) is 0.523. The van der Waals surface area contributed by atoms with Crippen LogP contribution < -0.4 is 0 Å². The number of piperidine rings is 2. The van der Waals surface area contributed by atoms with Crippen molar-refractivity contribution in [2.45, 2.75) is 73.2 Å². The average Bonchev–Trinajstić information content (AvgIpc) is 2.87. The summed E-state index contributed by atoms with van der Waals surface area (Å²) in [6.07, 6.45) is 12.8. The largest absolute Gasteiger partial charge is 0.393 e. The molecule has 4 aliphatic heterocycles. The van der Waals surface area contributed by atoms with Gasteiger partial charge in [0.1, 0.15) is 6.17 Å². The lowest BCUT2D eigenvalue weighted by Crippen LogP contribution is -2.50. The lowest BCUT2D eigenvalue weighted by Gasteiger charge is -2.40. The number of nitrogens with zero attached hydrogens (tertiary/aromatic N) is 3. The molecule has 25 heavy (non-hydrogen) atoms. The fourth-order valence-corrected chi connectivity index (χ4v) is 6.06. The Hall–Kier alpha value is -0.470. The van der Waals surface area contributed by atoms with Crippen molar-refractivity contribution in [3.05, 3.63) is 12.2 Å². The molecule has 1 N–H and O–H groups in total. The summed E-state index contributed by atoms with van der Waals surface area (Å²) in [7, 11) is 0. The minimum absolute atomic E-state index is 0.204. The highest BCUT2D eigenvalue weighted by Crippen LogP contribution is 2.37. The average molecular weight is 457 g/mol. The fraction of sp³-hybridized carbons (Fsp3) is 0.789. The molecule has 2 bridgehead atoms. The van der Waals surface area contributed by atoms with E-state index in [-0.39, 0.29) is 24.4 Å². The highest BCUT2D eigenvalue weighted by Gasteiger charge is 2.43. The van der Waals surface area contributed by atoms with Crippen LogP contribution in [0.5, 0.6) is 0 Å². The van der Waals surface area contributed by atoms with Gasteiger partial charge < -0.3 is 10.0 Å². The van der Waals surface area contributed by atoms with E-state index in [1.165, 1.54) is 0 Å². The van der Waals surface area contributed by atoms with E-state index in [4.69, 9.17) is 0 Å². The van der Waals surface area contributed by atoms with Gasteiger partial charge in [0.15, 0.2) is 0 Å². The minimum Gasteiger partial charge on any atom is -0.393 e. The van der Waals surface area contributed by atoms with Crippen LogP contribution in [0.15, 0.2) is 17.1 Å². The van der Waals surface area contributed by atoms with Crippen LogP contribution in [-0.2, 0) is 4.79 Å².